The molecule has 5 nitrogen and oxygen atoms in total. The zero-order chi connectivity index (χ0) is 19.2. The van der Waals surface area contributed by atoms with Crippen LogP contribution in [0, 0.1) is 11.6 Å². The molecule has 142 valence electrons. The Morgan fingerprint density at radius 1 is 1.22 bits per heavy atom. The van der Waals surface area contributed by atoms with Crippen molar-refractivity contribution in [2.75, 3.05) is 20.3 Å². The van der Waals surface area contributed by atoms with Crippen LogP contribution in [0.1, 0.15) is 17.5 Å². The normalized spacial score (nSPS) is 16.0. The lowest BCUT2D eigenvalue weighted by atomic mass is 10.0. The van der Waals surface area contributed by atoms with Gasteiger partial charge in [-0.2, -0.15) is 0 Å². The van der Waals surface area contributed by atoms with Gasteiger partial charge in [0.1, 0.15) is 18.2 Å². The van der Waals surface area contributed by atoms with Crippen molar-refractivity contribution < 1.29 is 23.1 Å². The fraction of sp³-hybridized carbons (Fsp3) is 0.300. The lowest BCUT2D eigenvalue weighted by Gasteiger charge is -2.25. The maximum absolute atomic E-state index is 14.0. The molecular formula is C20H20F2N2O3. The molecule has 1 aliphatic heterocycles. The number of methoxy groups -OCH3 is 1. The Hall–Kier alpha value is -2.80. The smallest absolute Gasteiger partial charge is 0.248 e. The number of hydrogen-bond acceptors (Lipinski definition) is 4. The second-order valence-corrected chi connectivity index (χ2v) is 6.28. The van der Waals surface area contributed by atoms with Crippen molar-refractivity contribution in [3.63, 3.8) is 0 Å². The van der Waals surface area contributed by atoms with Crippen LogP contribution >= 0.6 is 0 Å². The third kappa shape index (κ3) is 4.89. The van der Waals surface area contributed by atoms with E-state index in [2.05, 4.69) is 5.16 Å². The number of rotatable bonds is 7. The van der Waals surface area contributed by atoms with Crippen LogP contribution in [0.2, 0.25) is 0 Å². The maximum Gasteiger partial charge on any atom is 0.248 e. The molecule has 0 radical (unpaired) electrons. The number of oxime groups is 1. The largest absolute Gasteiger partial charge is 0.390 e. The summed E-state index contributed by atoms with van der Waals surface area (Å²) in [5.41, 5.74) is 1.87. The summed E-state index contributed by atoms with van der Waals surface area (Å²) in [5, 5.41) is 4.05. The van der Waals surface area contributed by atoms with Gasteiger partial charge in [0.05, 0.1) is 12.3 Å². The highest BCUT2D eigenvalue weighted by atomic mass is 19.1. The third-order valence-electron chi connectivity index (χ3n) is 4.27. The molecule has 0 N–H and O–H groups in total. The van der Waals surface area contributed by atoms with Crippen molar-refractivity contribution in [1.29, 1.82) is 0 Å². The van der Waals surface area contributed by atoms with E-state index in [9.17, 15) is 13.6 Å². The number of ether oxygens (including phenoxy) is 1. The Kier molecular flexibility index (Phi) is 6.13. The molecule has 2 aromatic carbocycles. The van der Waals surface area contributed by atoms with E-state index in [4.69, 9.17) is 9.57 Å². The molecule has 3 rings (SSSR count). The van der Waals surface area contributed by atoms with Gasteiger partial charge in [-0.05, 0) is 23.8 Å². The lowest BCUT2D eigenvalue weighted by molar-refractivity contribution is -0.137. The predicted octanol–water partition coefficient (Wildman–Crippen LogP) is 3.13. The van der Waals surface area contributed by atoms with Gasteiger partial charge in [0.2, 0.25) is 5.91 Å². The van der Waals surface area contributed by atoms with E-state index in [1.165, 1.54) is 30.2 Å². The quantitative estimate of drug-likeness (QED) is 0.748. The minimum Gasteiger partial charge on any atom is -0.390 e. The van der Waals surface area contributed by atoms with Gasteiger partial charge < -0.3 is 14.5 Å². The van der Waals surface area contributed by atoms with Crippen LogP contribution in [-0.4, -0.2) is 42.9 Å². The topological polar surface area (TPSA) is 51.1 Å². The molecule has 1 amide bonds. The van der Waals surface area contributed by atoms with Gasteiger partial charge in [-0.1, -0.05) is 35.5 Å². The highest BCUT2D eigenvalue weighted by Gasteiger charge is 2.27. The van der Waals surface area contributed by atoms with Crippen LogP contribution in [0.4, 0.5) is 8.78 Å². The Morgan fingerprint density at radius 3 is 2.67 bits per heavy atom. The molecule has 0 fully saturated rings. The van der Waals surface area contributed by atoms with Crippen LogP contribution in [0.25, 0.3) is 0 Å². The van der Waals surface area contributed by atoms with Crippen molar-refractivity contribution in [1.82, 2.24) is 4.90 Å². The van der Waals surface area contributed by atoms with E-state index in [0.717, 1.165) is 5.56 Å². The maximum atomic E-state index is 14.0. The first kappa shape index (κ1) is 19.0. The SMILES string of the molecule is COCC(=O)N(Cc1ccccc1F)C[C@@H]1CC(c2ccc(F)cc2)=NO1. The highest BCUT2D eigenvalue weighted by Crippen LogP contribution is 2.19. The second-order valence-electron chi connectivity index (χ2n) is 6.28. The van der Waals surface area contributed by atoms with Gasteiger partial charge in [-0.25, -0.2) is 8.78 Å². The fourth-order valence-corrected chi connectivity index (χ4v) is 2.89. The first-order valence-corrected chi connectivity index (χ1v) is 8.55. The van der Waals surface area contributed by atoms with Crippen molar-refractivity contribution in [3.05, 3.63) is 71.3 Å². The Labute approximate surface area is 156 Å². The van der Waals surface area contributed by atoms with E-state index in [-0.39, 0.29) is 43.3 Å². The van der Waals surface area contributed by atoms with E-state index in [1.54, 1.807) is 30.3 Å². The molecule has 0 spiro atoms. The Bertz CT molecular complexity index is 824. The lowest BCUT2D eigenvalue weighted by Crippen LogP contribution is -2.39. The Balaban J connectivity index is 1.67. The molecule has 0 saturated carbocycles. The highest BCUT2D eigenvalue weighted by molar-refractivity contribution is 6.01. The van der Waals surface area contributed by atoms with Crippen LogP contribution in [0.3, 0.4) is 0 Å². The number of benzene rings is 2. The minimum atomic E-state index is -0.372. The number of amides is 1. The fourth-order valence-electron chi connectivity index (χ4n) is 2.89. The number of hydrogen-bond donors (Lipinski definition) is 0. The average Bonchev–Trinajstić information content (AvgIpc) is 3.12. The van der Waals surface area contributed by atoms with E-state index in [0.29, 0.717) is 17.7 Å². The Morgan fingerprint density at radius 2 is 1.96 bits per heavy atom. The standard InChI is InChI=1S/C20H20F2N2O3/c1-26-13-20(25)24(11-15-4-2-3-5-18(15)22)12-17-10-19(23-27-17)14-6-8-16(21)9-7-14/h2-9,17H,10-13H2,1H3/t17-/m0/s1. The minimum absolute atomic E-state index is 0.104. The number of nitrogens with zero attached hydrogens (tertiary/aromatic N) is 2. The van der Waals surface area contributed by atoms with Crippen molar-refractivity contribution in [3.8, 4) is 0 Å². The predicted molar refractivity (Wildman–Crippen MR) is 96.1 cm³/mol. The summed E-state index contributed by atoms with van der Waals surface area (Å²) in [7, 11) is 1.43. The molecule has 0 aliphatic carbocycles. The summed E-state index contributed by atoms with van der Waals surface area (Å²) in [5.74, 6) is -0.959. The van der Waals surface area contributed by atoms with Crippen LogP contribution < -0.4 is 0 Å². The van der Waals surface area contributed by atoms with Crippen LogP contribution in [0.5, 0.6) is 0 Å². The molecule has 1 heterocycles. The third-order valence-corrected chi connectivity index (χ3v) is 4.27. The first-order valence-electron chi connectivity index (χ1n) is 8.55. The summed E-state index contributed by atoms with van der Waals surface area (Å²) in [4.78, 5) is 19.3. The van der Waals surface area contributed by atoms with Crippen LogP contribution in [0.15, 0.2) is 53.7 Å². The van der Waals surface area contributed by atoms with Crippen molar-refractivity contribution in [2.45, 2.75) is 19.1 Å². The summed E-state index contributed by atoms with van der Waals surface area (Å²) in [6, 6.07) is 12.3. The number of halogens is 2. The van der Waals surface area contributed by atoms with Crippen molar-refractivity contribution in [2.24, 2.45) is 5.16 Å². The molecule has 0 aromatic heterocycles. The average molecular weight is 374 g/mol. The monoisotopic (exact) mass is 374 g/mol. The molecule has 7 heteroatoms. The summed E-state index contributed by atoms with van der Waals surface area (Å²) in [6.07, 6.45) is 0.109. The van der Waals surface area contributed by atoms with Gasteiger partial charge >= 0.3 is 0 Å². The zero-order valence-electron chi connectivity index (χ0n) is 14.9. The zero-order valence-corrected chi connectivity index (χ0v) is 14.9. The summed E-state index contributed by atoms with van der Waals surface area (Å²) < 4.78 is 32.0. The van der Waals surface area contributed by atoms with Crippen molar-refractivity contribution >= 4 is 11.6 Å². The van der Waals surface area contributed by atoms with Gasteiger partial charge in [0, 0.05) is 25.6 Å². The van der Waals surface area contributed by atoms with E-state index >= 15 is 0 Å². The number of carbonyl (C=O) groups excluding carboxylic acids is 1. The van der Waals surface area contributed by atoms with E-state index in [1.807, 2.05) is 0 Å². The second kappa shape index (κ2) is 8.73. The summed E-state index contributed by atoms with van der Waals surface area (Å²) >= 11 is 0. The molecule has 1 atom stereocenters. The number of carbonyl (C=O) groups is 1. The molecule has 27 heavy (non-hydrogen) atoms. The molecule has 0 saturated heterocycles. The molecule has 0 bridgehead atoms. The van der Waals surface area contributed by atoms with E-state index < -0.39 is 0 Å². The van der Waals surface area contributed by atoms with Gasteiger partial charge in [-0.3, -0.25) is 4.79 Å². The molecule has 1 aliphatic rings. The molecule has 2 aromatic rings. The molecular weight excluding hydrogens is 354 g/mol. The molecule has 0 unspecified atom stereocenters. The van der Waals surface area contributed by atoms with Gasteiger partial charge in [0.25, 0.3) is 0 Å². The van der Waals surface area contributed by atoms with Gasteiger partial charge in [0.15, 0.2) is 6.10 Å². The summed E-state index contributed by atoms with van der Waals surface area (Å²) in [6.45, 7) is 0.248. The first-order chi connectivity index (χ1) is 13.1. The van der Waals surface area contributed by atoms with Gasteiger partial charge in [-0.15, -0.1) is 0 Å². The van der Waals surface area contributed by atoms with Crippen LogP contribution in [-0.2, 0) is 20.9 Å².